The summed E-state index contributed by atoms with van der Waals surface area (Å²) >= 11 is 0. The minimum absolute atomic E-state index is 0.0614. The summed E-state index contributed by atoms with van der Waals surface area (Å²) in [7, 11) is 2.25. The Hall–Kier alpha value is -0.120. The Kier molecular flexibility index (Phi) is 4.11. The van der Waals surface area contributed by atoms with Gasteiger partial charge in [0.1, 0.15) is 0 Å². The molecule has 2 N–H and O–H groups in total. The van der Waals surface area contributed by atoms with E-state index in [-0.39, 0.29) is 11.5 Å². The number of hydrogen-bond acceptors (Lipinski definition) is 3. The van der Waals surface area contributed by atoms with Gasteiger partial charge in [0.05, 0.1) is 6.10 Å². The second-order valence-electron chi connectivity index (χ2n) is 6.50. The fourth-order valence-electron chi connectivity index (χ4n) is 3.19. The third-order valence-corrected chi connectivity index (χ3v) is 5.02. The first-order valence-corrected chi connectivity index (χ1v) is 7.13. The van der Waals surface area contributed by atoms with Crippen molar-refractivity contribution in [2.24, 2.45) is 5.41 Å². The van der Waals surface area contributed by atoms with Crippen molar-refractivity contribution in [2.45, 2.75) is 64.1 Å². The summed E-state index contributed by atoms with van der Waals surface area (Å²) in [5, 5.41) is 13.3. The quantitative estimate of drug-likeness (QED) is 0.766. The molecule has 17 heavy (non-hydrogen) atoms. The van der Waals surface area contributed by atoms with Crippen LogP contribution in [0.25, 0.3) is 0 Å². The van der Waals surface area contributed by atoms with Crippen LogP contribution in [0.4, 0.5) is 0 Å². The number of rotatable bonds is 5. The molecule has 3 heteroatoms. The van der Waals surface area contributed by atoms with E-state index in [4.69, 9.17) is 0 Å². The lowest BCUT2D eigenvalue weighted by atomic mass is 9.64. The van der Waals surface area contributed by atoms with Crippen LogP contribution in [0.3, 0.4) is 0 Å². The first-order chi connectivity index (χ1) is 8.01. The van der Waals surface area contributed by atoms with Crippen LogP contribution in [0.2, 0.25) is 0 Å². The predicted molar refractivity (Wildman–Crippen MR) is 71.1 cm³/mol. The monoisotopic (exact) mass is 240 g/mol. The molecule has 0 amide bonds. The topological polar surface area (TPSA) is 35.5 Å². The van der Waals surface area contributed by atoms with Crippen molar-refractivity contribution >= 4 is 0 Å². The molecule has 0 radical (unpaired) electrons. The molecule has 0 aromatic carbocycles. The molecule has 2 saturated carbocycles. The van der Waals surface area contributed by atoms with Crippen LogP contribution in [0, 0.1) is 5.41 Å². The molecule has 0 aromatic heterocycles. The Bertz CT molecular complexity index is 249. The number of likely N-dealkylation sites (N-methyl/N-ethyl adjacent to an activating group) is 1. The maximum absolute atomic E-state index is 9.68. The second kappa shape index (κ2) is 5.25. The van der Waals surface area contributed by atoms with Crippen LogP contribution in [0.5, 0.6) is 0 Å². The van der Waals surface area contributed by atoms with E-state index in [9.17, 15) is 5.11 Å². The van der Waals surface area contributed by atoms with Gasteiger partial charge in [-0.1, -0.05) is 26.7 Å². The number of aliphatic hydroxyl groups is 1. The Morgan fingerprint density at radius 2 is 1.94 bits per heavy atom. The fourth-order valence-corrected chi connectivity index (χ4v) is 3.19. The van der Waals surface area contributed by atoms with Crippen LogP contribution in [0.1, 0.15) is 46.0 Å². The Morgan fingerprint density at radius 3 is 2.47 bits per heavy atom. The minimum atomic E-state index is -0.118. The van der Waals surface area contributed by atoms with Crippen molar-refractivity contribution < 1.29 is 5.11 Å². The van der Waals surface area contributed by atoms with Crippen molar-refractivity contribution in [1.82, 2.24) is 10.2 Å². The largest absolute Gasteiger partial charge is 0.392 e. The van der Waals surface area contributed by atoms with E-state index < -0.39 is 0 Å². The van der Waals surface area contributed by atoms with Gasteiger partial charge in [0.2, 0.25) is 0 Å². The summed E-state index contributed by atoms with van der Waals surface area (Å²) in [5.41, 5.74) is 0.0614. The average molecular weight is 240 g/mol. The van der Waals surface area contributed by atoms with Crippen LogP contribution < -0.4 is 5.32 Å². The molecule has 2 unspecified atom stereocenters. The molecule has 3 nitrogen and oxygen atoms in total. The van der Waals surface area contributed by atoms with Gasteiger partial charge < -0.3 is 15.3 Å². The van der Waals surface area contributed by atoms with Gasteiger partial charge in [0.15, 0.2) is 0 Å². The van der Waals surface area contributed by atoms with Crippen LogP contribution in [-0.2, 0) is 0 Å². The SMILES string of the molecule is CN(CCNC1CC(O)C1(C)C)C1CCCC1. The van der Waals surface area contributed by atoms with Gasteiger partial charge in [0, 0.05) is 30.6 Å². The lowest BCUT2D eigenvalue weighted by Gasteiger charge is -2.49. The number of nitrogens with zero attached hydrogens (tertiary/aromatic N) is 1. The van der Waals surface area contributed by atoms with E-state index in [0.29, 0.717) is 6.04 Å². The summed E-state index contributed by atoms with van der Waals surface area (Å²) in [5.74, 6) is 0. The fraction of sp³-hybridized carbons (Fsp3) is 1.00. The lowest BCUT2D eigenvalue weighted by Crippen LogP contribution is -2.60. The highest BCUT2D eigenvalue weighted by Gasteiger charge is 2.46. The molecule has 0 aromatic rings. The molecular weight excluding hydrogens is 212 g/mol. The standard InChI is InChI=1S/C14H28N2O/c1-14(2)12(10-13(14)17)15-8-9-16(3)11-6-4-5-7-11/h11-13,15,17H,4-10H2,1-3H3. The zero-order valence-corrected chi connectivity index (χ0v) is 11.6. The predicted octanol–water partition coefficient (Wildman–Crippen LogP) is 1.61. The molecule has 2 fully saturated rings. The normalized spacial score (nSPS) is 33.0. The highest BCUT2D eigenvalue weighted by atomic mass is 16.3. The van der Waals surface area contributed by atoms with Gasteiger partial charge in [-0.2, -0.15) is 0 Å². The highest BCUT2D eigenvalue weighted by Crippen LogP contribution is 2.40. The van der Waals surface area contributed by atoms with E-state index in [1.807, 2.05) is 0 Å². The average Bonchev–Trinajstić information content (AvgIpc) is 2.81. The summed E-state index contributed by atoms with van der Waals surface area (Å²) in [6.07, 6.45) is 6.37. The van der Waals surface area contributed by atoms with Gasteiger partial charge in [0.25, 0.3) is 0 Å². The van der Waals surface area contributed by atoms with Crippen molar-refractivity contribution in [3.05, 3.63) is 0 Å². The van der Waals surface area contributed by atoms with Crippen molar-refractivity contribution in [3.63, 3.8) is 0 Å². The van der Waals surface area contributed by atoms with Gasteiger partial charge >= 0.3 is 0 Å². The van der Waals surface area contributed by atoms with Crippen LogP contribution in [-0.4, -0.2) is 48.3 Å². The molecule has 0 spiro atoms. The van der Waals surface area contributed by atoms with Crippen molar-refractivity contribution in [2.75, 3.05) is 20.1 Å². The van der Waals surface area contributed by atoms with Crippen LogP contribution in [0.15, 0.2) is 0 Å². The van der Waals surface area contributed by atoms with Gasteiger partial charge in [-0.15, -0.1) is 0 Å². The molecule has 2 rings (SSSR count). The maximum Gasteiger partial charge on any atom is 0.0621 e. The number of hydrogen-bond donors (Lipinski definition) is 2. The lowest BCUT2D eigenvalue weighted by molar-refractivity contribution is -0.0726. The van der Waals surface area contributed by atoms with E-state index >= 15 is 0 Å². The first kappa shape index (κ1) is 13.3. The first-order valence-electron chi connectivity index (χ1n) is 7.13. The van der Waals surface area contributed by atoms with E-state index in [1.165, 1.54) is 25.7 Å². The summed E-state index contributed by atoms with van der Waals surface area (Å²) in [6, 6.07) is 1.31. The number of aliphatic hydroxyl groups excluding tert-OH is 1. The van der Waals surface area contributed by atoms with E-state index in [2.05, 4.69) is 31.1 Å². The van der Waals surface area contributed by atoms with Crippen molar-refractivity contribution in [1.29, 1.82) is 0 Å². The van der Waals surface area contributed by atoms with Gasteiger partial charge in [-0.05, 0) is 26.3 Å². The zero-order valence-electron chi connectivity index (χ0n) is 11.6. The maximum atomic E-state index is 9.68. The molecule has 2 aliphatic rings. The molecule has 2 aliphatic carbocycles. The van der Waals surface area contributed by atoms with Crippen molar-refractivity contribution in [3.8, 4) is 0 Å². The van der Waals surface area contributed by atoms with Gasteiger partial charge in [-0.3, -0.25) is 0 Å². The number of nitrogens with one attached hydrogen (secondary N) is 1. The van der Waals surface area contributed by atoms with E-state index in [1.54, 1.807) is 0 Å². The Morgan fingerprint density at radius 1 is 1.29 bits per heavy atom. The third-order valence-electron chi connectivity index (χ3n) is 5.02. The molecule has 0 bridgehead atoms. The highest BCUT2D eigenvalue weighted by molar-refractivity contribution is 5.01. The second-order valence-corrected chi connectivity index (χ2v) is 6.50. The van der Waals surface area contributed by atoms with Gasteiger partial charge in [-0.25, -0.2) is 0 Å². The van der Waals surface area contributed by atoms with E-state index in [0.717, 1.165) is 25.6 Å². The van der Waals surface area contributed by atoms with Crippen LogP contribution >= 0.6 is 0 Å². The Labute approximate surface area is 106 Å². The summed E-state index contributed by atoms with van der Waals surface area (Å²) in [4.78, 5) is 2.50. The molecule has 100 valence electrons. The molecule has 2 atom stereocenters. The molecule has 0 saturated heterocycles. The summed E-state index contributed by atoms with van der Waals surface area (Å²) in [6.45, 7) is 6.49. The minimum Gasteiger partial charge on any atom is -0.392 e. The zero-order chi connectivity index (χ0) is 12.5. The molecule has 0 aliphatic heterocycles. The molecule has 0 heterocycles. The summed E-state index contributed by atoms with van der Waals surface area (Å²) < 4.78 is 0. The third kappa shape index (κ3) is 2.83. The Balaban J connectivity index is 1.63. The molecular formula is C14H28N2O. The smallest absolute Gasteiger partial charge is 0.0621 e.